The lowest BCUT2D eigenvalue weighted by Crippen LogP contribution is -2.31. The number of nitriles is 1. The molecule has 3 aromatic carbocycles. The van der Waals surface area contributed by atoms with Crippen LogP contribution in [-0.2, 0) is 11.2 Å². The van der Waals surface area contributed by atoms with E-state index in [1.54, 1.807) is 17.0 Å². The van der Waals surface area contributed by atoms with Crippen molar-refractivity contribution in [2.45, 2.75) is 6.42 Å². The molecule has 7 heteroatoms. The minimum Gasteiger partial charge on any atom is -0.479 e. The van der Waals surface area contributed by atoms with Crippen LogP contribution in [-0.4, -0.2) is 34.1 Å². The first-order valence-electron chi connectivity index (χ1n) is 11.2. The number of aliphatic imine (C=N–C) groups is 1. The molecule has 1 N–H and O–H groups in total. The lowest BCUT2D eigenvalue weighted by molar-refractivity contribution is -0.122. The summed E-state index contributed by atoms with van der Waals surface area (Å²) in [7, 11) is 0. The van der Waals surface area contributed by atoms with E-state index < -0.39 is 0 Å². The summed E-state index contributed by atoms with van der Waals surface area (Å²) in [6.45, 7) is 0.525. The SMILES string of the molecule is N#CCOc1ccc(/C=C2\SC(=Nc3ccccc3)N(CCc3c[nH]c4ccccc34)C2=O)cc1. The molecule has 0 saturated carbocycles. The molecule has 1 saturated heterocycles. The maximum atomic E-state index is 13.4. The fourth-order valence-electron chi connectivity index (χ4n) is 3.90. The van der Waals surface area contributed by atoms with Gasteiger partial charge in [0.05, 0.1) is 10.6 Å². The number of amidine groups is 1. The number of rotatable bonds is 7. The molecule has 1 aliphatic rings. The highest BCUT2D eigenvalue weighted by Gasteiger charge is 2.33. The van der Waals surface area contributed by atoms with Gasteiger partial charge in [-0.05, 0) is 65.7 Å². The van der Waals surface area contributed by atoms with Crippen molar-refractivity contribution in [3.63, 3.8) is 0 Å². The molecule has 0 atom stereocenters. The molecule has 0 unspecified atom stereocenters. The molecule has 1 aromatic heterocycles. The average molecular weight is 479 g/mol. The Labute approximate surface area is 207 Å². The summed E-state index contributed by atoms with van der Waals surface area (Å²) in [4.78, 5) is 23.9. The van der Waals surface area contributed by atoms with E-state index in [0.717, 1.165) is 16.8 Å². The number of amides is 1. The summed E-state index contributed by atoms with van der Waals surface area (Å²) in [5, 5.41) is 10.5. The highest BCUT2D eigenvalue weighted by Crippen LogP contribution is 2.34. The normalized spacial score (nSPS) is 15.7. The zero-order valence-corrected chi connectivity index (χ0v) is 19.7. The standard InChI is InChI=1S/C28H22N4O2S/c29-15-17-34-23-12-10-20(11-13-23)18-26-27(33)32(28(35-26)31-22-6-2-1-3-7-22)16-14-21-19-30-25-9-5-4-8-24(21)25/h1-13,18-19,30H,14,16-17H2/b26-18-,31-28?. The van der Waals surface area contributed by atoms with Crippen LogP contribution in [0.1, 0.15) is 11.1 Å². The predicted octanol–water partition coefficient (Wildman–Crippen LogP) is 5.92. The van der Waals surface area contributed by atoms with E-state index in [0.29, 0.717) is 28.8 Å². The van der Waals surface area contributed by atoms with E-state index in [9.17, 15) is 4.79 Å². The Balaban J connectivity index is 1.40. The van der Waals surface area contributed by atoms with E-state index in [1.165, 1.54) is 22.7 Å². The highest BCUT2D eigenvalue weighted by molar-refractivity contribution is 8.18. The summed E-state index contributed by atoms with van der Waals surface area (Å²) >= 11 is 1.38. The van der Waals surface area contributed by atoms with Crippen LogP contribution in [0.2, 0.25) is 0 Å². The Morgan fingerprint density at radius 1 is 1.03 bits per heavy atom. The monoisotopic (exact) mass is 478 g/mol. The highest BCUT2D eigenvalue weighted by atomic mass is 32.2. The van der Waals surface area contributed by atoms with Crippen LogP contribution in [0.5, 0.6) is 5.75 Å². The van der Waals surface area contributed by atoms with Crippen molar-refractivity contribution in [1.29, 1.82) is 5.26 Å². The van der Waals surface area contributed by atoms with E-state index in [1.807, 2.05) is 72.9 Å². The molecule has 0 radical (unpaired) electrons. The van der Waals surface area contributed by atoms with Crippen LogP contribution in [0.3, 0.4) is 0 Å². The fourth-order valence-corrected chi connectivity index (χ4v) is 4.92. The quantitative estimate of drug-likeness (QED) is 0.335. The van der Waals surface area contributed by atoms with E-state index in [4.69, 9.17) is 15.0 Å². The number of ether oxygens (including phenoxy) is 1. The number of H-pyrrole nitrogens is 1. The number of aromatic nitrogens is 1. The van der Waals surface area contributed by atoms with Gasteiger partial charge in [-0.1, -0.05) is 48.5 Å². The summed E-state index contributed by atoms with van der Waals surface area (Å²) in [6.07, 6.45) is 4.59. The molecule has 172 valence electrons. The van der Waals surface area contributed by atoms with Crippen molar-refractivity contribution < 1.29 is 9.53 Å². The van der Waals surface area contributed by atoms with E-state index >= 15 is 0 Å². The number of fused-ring (bicyclic) bond motifs is 1. The molecule has 2 heterocycles. The Bertz CT molecular complexity index is 1450. The van der Waals surface area contributed by atoms with Crippen LogP contribution in [0, 0.1) is 11.3 Å². The van der Waals surface area contributed by atoms with Crippen molar-refractivity contribution in [1.82, 2.24) is 9.88 Å². The maximum Gasteiger partial charge on any atom is 0.266 e. The minimum atomic E-state index is -0.0608. The van der Waals surface area contributed by atoms with Gasteiger partial charge in [-0.2, -0.15) is 5.26 Å². The lowest BCUT2D eigenvalue weighted by Gasteiger charge is -2.15. The Kier molecular flexibility index (Phi) is 6.64. The summed E-state index contributed by atoms with van der Waals surface area (Å²) in [5.74, 6) is 0.556. The number of carbonyl (C=O) groups is 1. The molecule has 6 nitrogen and oxygen atoms in total. The third kappa shape index (κ3) is 5.13. The van der Waals surface area contributed by atoms with Crippen molar-refractivity contribution >= 4 is 45.5 Å². The molecular formula is C28H22N4O2S. The predicted molar refractivity (Wildman–Crippen MR) is 140 cm³/mol. The number of nitrogens with zero attached hydrogens (tertiary/aromatic N) is 3. The van der Waals surface area contributed by atoms with Gasteiger partial charge >= 0.3 is 0 Å². The number of aromatic amines is 1. The molecule has 5 rings (SSSR count). The first kappa shape index (κ1) is 22.5. The zero-order valence-electron chi connectivity index (χ0n) is 18.8. The lowest BCUT2D eigenvalue weighted by atomic mass is 10.1. The average Bonchev–Trinajstić information content (AvgIpc) is 3.43. The largest absolute Gasteiger partial charge is 0.479 e. The van der Waals surface area contributed by atoms with Gasteiger partial charge in [0.15, 0.2) is 11.8 Å². The first-order chi connectivity index (χ1) is 17.2. The van der Waals surface area contributed by atoms with Gasteiger partial charge in [0.2, 0.25) is 0 Å². The zero-order chi connectivity index (χ0) is 24.0. The third-order valence-electron chi connectivity index (χ3n) is 5.63. The Morgan fingerprint density at radius 3 is 2.60 bits per heavy atom. The molecule has 1 amide bonds. The number of carbonyl (C=O) groups excluding carboxylic acids is 1. The smallest absolute Gasteiger partial charge is 0.266 e. The number of hydrogen-bond donors (Lipinski definition) is 1. The van der Waals surface area contributed by atoms with Gasteiger partial charge in [-0.3, -0.25) is 9.69 Å². The van der Waals surface area contributed by atoms with Gasteiger partial charge in [-0.15, -0.1) is 0 Å². The number of benzene rings is 3. The molecule has 4 aromatic rings. The fraction of sp³-hybridized carbons (Fsp3) is 0.107. The summed E-state index contributed by atoms with van der Waals surface area (Å²) in [6, 6.07) is 27.1. The summed E-state index contributed by atoms with van der Waals surface area (Å²) < 4.78 is 5.32. The maximum absolute atomic E-state index is 13.4. The van der Waals surface area contributed by atoms with Crippen molar-refractivity contribution in [3.8, 4) is 11.8 Å². The molecule has 0 bridgehead atoms. The Hall–Kier alpha value is -4.28. The van der Waals surface area contributed by atoms with Gasteiger partial charge in [0.1, 0.15) is 11.8 Å². The van der Waals surface area contributed by atoms with Crippen molar-refractivity contribution in [3.05, 3.63) is 101 Å². The second kappa shape index (κ2) is 10.3. The number of thioether (sulfide) groups is 1. The first-order valence-corrected chi connectivity index (χ1v) is 12.0. The molecule has 1 aliphatic heterocycles. The molecular weight excluding hydrogens is 456 g/mol. The Morgan fingerprint density at radius 2 is 1.80 bits per heavy atom. The number of nitrogens with one attached hydrogen (secondary N) is 1. The number of hydrogen-bond acceptors (Lipinski definition) is 5. The second-order valence-corrected chi connectivity index (χ2v) is 8.93. The van der Waals surface area contributed by atoms with Crippen molar-refractivity contribution in [2.24, 2.45) is 4.99 Å². The second-order valence-electron chi connectivity index (χ2n) is 7.92. The third-order valence-corrected chi connectivity index (χ3v) is 6.64. The molecule has 35 heavy (non-hydrogen) atoms. The van der Waals surface area contributed by atoms with E-state index in [-0.39, 0.29) is 12.5 Å². The van der Waals surface area contributed by atoms with Gasteiger partial charge in [-0.25, -0.2) is 4.99 Å². The minimum absolute atomic E-state index is 0.000523. The van der Waals surface area contributed by atoms with Gasteiger partial charge in [0.25, 0.3) is 5.91 Å². The van der Waals surface area contributed by atoms with Gasteiger partial charge < -0.3 is 9.72 Å². The van der Waals surface area contributed by atoms with Crippen LogP contribution >= 0.6 is 11.8 Å². The van der Waals surface area contributed by atoms with Gasteiger partial charge in [0, 0.05) is 23.6 Å². The van der Waals surface area contributed by atoms with E-state index in [2.05, 4.69) is 17.1 Å². The topological polar surface area (TPSA) is 81.5 Å². The van der Waals surface area contributed by atoms with Crippen LogP contribution in [0.15, 0.2) is 95.0 Å². The van der Waals surface area contributed by atoms with Crippen molar-refractivity contribution in [2.75, 3.05) is 13.2 Å². The summed E-state index contributed by atoms with van der Waals surface area (Å²) in [5.41, 5.74) is 3.94. The number of para-hydroxylation sites is 2. The van der Waals surface area contributed by atoms with Crippen LogP contribution in [0.25, 0.3) is 17.0 Å². The molecule has 0 aliphatic carbocycles. The van der Waals surface area contributed by atoms with Crippen LogP contribution < -0.4 is 4.74 Å². The molecule has 1 fully saturated rings. The van der Waals surface area contributed by atoms with Crippen LogP contribution in [0.4, 0.5) is 5.69 Å². The molecule has 0 spiro atoms.